The molecule has 0 spiro atoms. The summed E-state index contributed by atoms with van der Waals surface area (Å²) in [6.45, 7) is 6.46. The van der Waals surface area contributed by atoms with Crippen LogP contribution in [0, 0.1) is 0 Å². The fourth-order valence-corrected chi connectivity index (χ4v) is 2.86. The zero-order valence-electron chi connectivity index (χ0n) is 16.3. The maximum atomic E-state index is 4.71. The lowest BCUT2D eigenvalue weighted by atomic mass is 10.1. The normalized spacial score (nSPS) is 11.0. The first-order valence-corrected chi connectivity index (χ1v) is 9.33. The Bertz CT molecular complexity index is 859. The Hall–Kier alpha value is -2.42. The monoisotopic (exact) mass is 490 g/mol. The predicted molar refractivity (Wildman–Crippen MR) is 124 cm³/mol. The van der Waals surface area contributed by atoms with Crippen LogP contribution in [0.3, 0.4) is 0 Å². The van der Waals surface area contributed by atoms with E-state index in [4.69, 9.17) is 4.99 Å². The molecule has 148 valence electrons. The maximum absolute atomic E-state index is 4.71. The van der Waals surface area contributed by atoms with Crippen LogP contribution in [-0.2, 0) is 19.5 Å². The number of nitrogens with zero attached hydrogens (tertiary/aromatic N) is 4. The van der Waals surface area contributed by atoms with Crippen molar-refractivity contribution >= 4 is 29.9 Å². The largest absolute Gasteiger partial charge is 0.357 e. The average molecular weight is 490 g/mol. The molecule has 0 saturated heterocycles. The van der Waals surface area contributed by atoms with E-state index in [1.54, 1.807) is 11.0 Å². The Morgan fingerprint density at radius 2 is 1.75 bits per heavy atom. The third-order valence-corrected chi connectivity index (χ3v) is 4.33. The summed E-state index contributed by atoms with van der Waals surface area (Å²) < 4.78 is 1.74. The highest BCUT2D eigenvalue weighted by Crippen LogP contribution is 2.10. The van der Waals surface area contributed by atoms with Crippen molar-refractivity contribution in [1.82, 2.24) is 25.4 Å². The van der Waals surface area contributed by atoms with E-state index in [0.29, 0.717) is 6.54 Å². The van der Waals surface area contributed by atoms with E-state index in [0.717, 1.165) is 36.7 Å². The molecule has 0 fully saturated rings. The van der Waals surface area contributed by atoms with Gasteiger partial charge in [-0.1, -0.05) is 43.3 Å². The van der Waals surface area contributed by atoms with Gasteiger partial charge in [-0.25, -0.2) is 14.7 Å². The number of aromatic nitrogens is 3. The molecule has 0 radical (unpaired) electrons. The Labute approximate surface area is 183 Å². The lowest BCUT2D eigenvalue weighted by molar-refractivity contribution is 0.808. The SMILES string of the molecule is CCNC(=NCc1ccc(-n2cncn2)cc1)NCc1ccccc1CC.I. The minimum Gasteiger partial charge on any atom is -0.357 e. The van der Waals surface area contributed by atoms with Gasteiger partial charge in [-0.3, -0.25) is 0 Å². The molecule has 0 aliphatic carbocycles. The Kier molecular flexibility index (Phi) is 8.93. The standard InChI is InChI=1S/C21H26N6.HI/c1-3-18-7-5-6-8-19(18)14-25-21(23-4-2)24-13-17-9-11-20(12-10-17)27-16-22-15-26-27;/h5-12,15-16H,3-4,13-14H2,1-2H3,(H2,23,24,25);1H. The fourth-order valence-electron chi connectivity index (χ4n) is 2.86. The second kappa shape index (κ2) is 11.4. The van der Waals surface area contributed by atoms with Crippen molar-refractivity contribution in [3.05, 3.63) is 77.9 Å². The first kappa shape index (κ1) is 21.9. The van der Waals surface area contributed by atoms with Crippen molar-refractivity contribution < 1.29 is 0 Å². The first-order chi connectivity index (χ1) is 13.3. The van der Waals surface area contributed by atoms with Crippen molar-refractivity contribution in [2.75, 3.05) is 6.54 Å². The maximum Gasteiger partial charge on any atom is 0.191 e. The lowest BCUT2D eigenvalue weighted by Crippen LogP contribution is -2.37. The molecule has 0 saturated carbocycles. The molecule has 3 rings (SSSR count). The number of nitrogens with one attached hydrogen (secondary N) is 2. The van der Waals surface area contributed by atoms with E-state index < -0.39 is 0 Å². The van der Waals surface area contributed by atoms with Crippen LogP contribution in [0.1, 0.15) is 30.5 Å². The number of rotatable bonds is 7. The zero-order valence-corrected chi connectivity index (χ0v) is 18.6. The van der Waals surface area contributed by atoms with Gasteiger partial charge in [-0.05, 0) is 42.2 Å². The minimum absolute atomic E-state index is 0. The Morgan fingerprint density at radius 3 is 2.39 bits per heavy atom. The number of aliphatic imine (C=N–C) groups is 1. The molecule has 1 aromatic heterocycles. The van der Waals surface area contributed by atoms with Crippen molar-refractivity contribution in [2.24, 2.45) is 4.99 Å². The zero-order chi connectivity index (χ0) is 18.9. The molecule has 6 nitrogen and oxygen atoms in total. The van der Waals surface area contributed by atoms with E-state index in [-0.39, 0.29) is 24.0 Å². The molecule has 0 amide bonds. The molecule has 2 aromatic carbocycles. The Balaban J connectivity index is 0.00000280. The van der Waals surface area contributed by atoms with E-state index >= 15 is 0 Å². The van der Waals surface area contributed by atoms with Gasteiger partial charge in [0.1, 0.15) is 12.7 Å². The number of aryl methyl sites for hydroxylation is 1. The summed E-state index contributed by atoms with van der Waals surface area (Å²) in [5, 5.41) is 10.9. The third-order valence-electron chi connectivity index (χ3n) is 4.33. The highest BCUT2D eigenvalue weighted by atomic mass is 127. The number of benzene rings is 2. The number of hydrogen-bond acceptors (Lipinski definition) is 3. The van der Waals surface area contributed by atoms with Gasteiger partial charge in [0.2, 0.25) is 0 Å². The molecular weight excluding hydrogens is 463 g/mol. The molecule has 28 heavy (non-hydrogen) atoms. The fraction of sp³-hybridized carbons (Fsp3) is 0.286. The molecular formula is C21H27IN6. The van der Waals surface area contributed by atoms with Crippen molar-refractivity contribution in [1.29, 1.82) is 0 Å². The second-order valence-corrected chi connectivity index (χ2v) is 6.18. The van der Waals surface area contributed by atoms with E-state index in [9.17, 15) is 0 Å². The number of hydrogen-bond donors (Lipinski definition) is 2. The van der Waals surface area contributed by atoms with Crippen molar-refractivity contribution in [2.45, 2.75) is 33.4 Å². The smallest absolute Gasteiger partial charge is 0.191 e. The summed E-state index contributed by atoms with van der Waals surface area (Å²) in [6.07, 6.45) is 4.25. The van der Waals surface area contributed by atoms with E-state index in [2.05, 4.69) is 71.0 Å². The minimum atomic E-state index is 0. The summed E-state index contributed by atoms with van der Waals surface area (Å²) in [6, 6.07) is 16.7. The van der Waals surface area contributed by atoms with Crippen molar-refractivity contribution in [3.63, 3.8) is 0 Å². The van der Waals surface area contributed by atoms with Crippen LogP contribution in [0.2, 0.25) is 0 Å². The van der Waals surface area contributed by atoms with Crippen LogP contribution < -0.4 is 10.6 Å². The lowest BCUT2D eigenvalue weighted by Gasteiger charge is -2.13. The van der Waals surface area contributed by atoms with Gasteiger partial charge >= 0.3 is 0 Å². The van der Waals surface area contributed by atoms with Gasteiger partial charge < -0.3 is 10.6 Å². The molecule has 0 atom stereocenters. The van der Waals surface area contributed by atoms with E-state index in [1.807, 2.05) is 12.1 Å². The summed E-state index contributed by atoms with van der Waals surface area (Å²) in [4.78, 5) is 8.68. The molecule has 7 heteroatoms. The average Bonchev–Trinajstić information content (AvgIpc) is 3.25. The quantitative estimate of drug-likeness (QED) is 0.301. The second-order valence-electron chi connectivity index (χ2n) is 6.18. The molecule has 0 aliphatic rings. The van der Waals surface area contributed by atoms with Crippen LogP contribution in [-0.4, -0.2) is 27.3 Å². The van der Waals surface area contributed by atoms with Gasteiger partial charge in [0, 0.05) is 13.1 Å². The molecule has 0 unspecified atom stereocenters. The molecule has 0 bridgehead atoms. The highest BCUT2D eigenvalue weighted by Gasteiger charge is 2.03. The summed E-state index contributed by atoms with van der Waals surface area (Å²) in [5.41, 5.74) is 4.80. The van der Waals surface area contributed by atoms with Crippen LogP contribution in [0.4, 0.5) is 0 Å². The van der Waals surface area contributed by atoms with Crippen LogP contribution in [0.5, 0.6) is 0 Å². The predicted octanol–water partition coefficient (Wildman–Crippen LogP) is 3.70. The Morgan fingerprint density at radius 1 is 1.00 bits per heavy atom. The molecule has 2 N–H and O–H groups in total. The molecule has 1 heterocycles. The number of guanidine groups is 1. The van der Waals surface area contributed by atoms with E-state index in [1.165, 1.54) is 17.5 Å². The van der Waals surface area contributed by atoms with Gasteiger partial charge in [0.25, 0.3) is 0 Å². The topological polar surface area (TPSA) is 67.1 Å². The summed E-state index contributed by atoms with van der Waals surface area (Å²) in [7, 11) is 0. The van der Waals surface area contributed by atoms with Gasteiger partial charge in [0.05, 0.1) is 12.2 Å². The third kappa shape index (κ3) is 6.05. The molecule has 3 aromatic rings. The van der Waals surface area contributed by atoms with Gasteiger partial charge in [-0.2, -0.15) is 5.10 Å². The highest BCUT2D eigenvalue weighted by molar-refractivity contribution is 14.0. The van der Waals surface area contributed by atoms with Crippen LogP contribution in [0.15, 0.2) is 66.2 Å². The van der Waals surface area contributed by atoms with Gasteiger partial charge in [-0.15, -0.1) is 24.0 Å². The first-order valence-electron chi connectivity index (χ1n) is 9.33. The van der Waals surface area contributed by atoms with Crippen molar-refractivity contribution in [3.8, 4) is 5.69 Å². The van der Waals surface area contributed by atoms with Gasteiger partial charge in [0.15, 0.2) is 5.96 Å². The van der Waals surface area contributed by atoms with Crippen LogP contribution in [0.25, 0.3) is 5.69 Å². The summed E-state index contributed by atoms with van der Waals surface area (Å²) in [5.74, 6) is 0.823. The summed E-state index contributed by atoms with van der Waals surface area (Å²) >= 11 is 0. The van der Waals surface area contributed by atoms with Crippen LogP contribution >= 0.6 is 24.0 Å². The molecule has 0 aliphatic heterocycles. The number of halogens is 1.